The molecule has 6 atom stereocenters. The van der Waals surface area contributed by atoms with Crippen LogP contribution < -0.4 is 10.6 Å². The standard InChI is InChI=1S/C30H57N5O5/c1-12-14-23(34(10)30(39)26(19(2)3)32-29(38)27(20(4)5)33(8)9)24(40-11)18-25(36)35-16-13-15-22(35)17-21(6)28(37)31-7/h19-24,26-27H,12-18H2,1-11H3,(H,31,37)(H,32,38). The number of amides is 4. The SMILES string of the molecule is CCCC(C(CC(=O)N1CCCC1CC(C)C(=O)NC)OC)N(C)C(=O)C(NC(=O)C(C(C)C)N(C)C)C(C)C. The summed E-state index contributed by atoms with van der Waals surface area (Å²) in [6.45, 7) is 12.4. The van der Waals surface area contributed by atoms with E-state index < -0.39 is 12.1 Å². The Bertz CT molecular complexity index is 825. The molecule has 0 aliphatic carbocycles. The average molecular weight is 568 g/mol. The molecule has 1 heterocycles. The largest absolute Gasteiger partial charge is 0.379 e. The molecule has 1 aliphatic heterocycles. The third kappa shape index (κ3) is 9.72. The highest BCUT2D eigenvalue weighted by Gasteiger charge is 2.38. The molecular formula is C30H57N5O5. The van der Waals surface area contributed by atoms with Gasteiger partial charge in [-0.25, -0.2) is 0 Å². The summed E-state index contributed by atoms with van der Waals surface area (Å²) in [6.07, 6.45) is 3.54. The fourth-order valence-electron chi connectivity index (χ4n) is 6.03. The Morgan fingerprint density at radius 2 is 1.62 bits per heavy atom. The molecule has 0 aromatic heterocycles. The van der Waals surface area contributed by atoms with Gasteiger partial charge in [0.15, 0.2) is 0 Å². The molecule has 0 radical (unpaired) electrons. The zero-order chi connectivity index (χ0) is 30.7. The lowest BCUT2D eigenvalue weighted by molar-refractivity contribution is -0.145. The highest BCUT2D eigenvalue weighted by atomic mass is 16.5. The van der Waals surface area contributed by atoms with E-state index in [9.17, 15) is 19.2 Å². The number of hydrogen-bond donors (Lipinski definition) is 2. The van der Waals surface area contributed by atoms with Crippen molar-refractivity contribution in [1.82, 2.24) is 25.3 Å². The third-order valence-electron chi connectivity index (χ3n) is 8.24. The average Bonchev–Trinajstić information content (AvgIpc) is 3.35. The number of nitrogens with zero attached hydrogens (tertiary/aromatic N) is 3. The topological polar surface area (TPSA) is 111 Å². The van der Waals surface area contributed by atoms with E-state index in [1.807, 2.05) is 65.4 Å². The van der Waals surface area contributed by atoms with Crippen molar-refractivity contribution in [2.45, 2.75) is 110 Å². The van der Waals surface area contributed by atoms with Gasteiger partial charge in [-0.05, 0) is 51.6 Å². The molecule has 10 nitrogen and oxygen atoms in total. The molecule has 1 fully saturated rings. The Hall–Kier alpha value is -2.20. The van der Waals surface area contributed by atoms with E-state index in [1.165, 1.54) is 0 Å². The Morgan fingerprint density at radius 3 is 2.10 bits per heavy atom. The number of likely N-dealkylation sites (N-methyl/N-ethyl adjacent to an activating group) is 2. The lowest BCUT2D eigenvalue weighted by Crippen LogP contribution is -2.58. The van der Waals surface area contributed by atoms with Gasteiger partial charge < -0.3 is 25.2 Å². The minimum atomic E-state index is -0.694. The maximum absolute atomic E-state index is 13.8. The molecule has 0 bridgehead atoms. The predicted molar refractivity (Wildman–Crippen MR) is 159 cm³/mol. The first-order valence-electron chi connectivity index (χ1n) is 15.0. The van der Waals surface area contributed by atoms with Crippen LogP contribution in [0.1, 0.15) is 80.1 Å². The number of likely N-dealkylation sites (tertiary alicyclic amines) is 1. The Morgan fingerprint density at radius 1 is 1.00 bits per heavy atom. The number of carbonyl (C=O) groups is 4. The maximum Gasteiger partial charge on any atom is 0.245 e. The summed E-state index contributed by atoms with van der Waals surface area (Å²) < 4.78 is 5.86. The van der Waals surface area contributed by atoms with Crippen molar-refractivity contribution < 1.29 is 23.9 Å². The van der Waals surface area contributed by atoms with Gasteiger partial charge in [0.1, 0.15) is 6.04 Å². The highest BCUT2D eigenvalue weighted by molar-refractivity contribution is 5.90. The molecule has 1 aliphatic rings. The van der Waals surface area contributed by atoms with Crippen LogP contribution in [0.25, 0.3) is 0 Å². The van der Waals surface area contributed by atoms with Crippen LogP contribution in [0.15, 0.2) is 0 Å². The van der Waals surface area contributed by atoms with Gasteiger partial charge in [0, 0.05) is 39.7 Å². The first-order valence-corrected chi connectivity index (χ1v) is 15.0. The lowest BCUT2D eigenvalue weighted by Gasteiger charge is -2.38. The fourth-order valence-corrected chi connectivity index (χ4v) is 6.03. The van der Waals surface area contributed by atoms with Crippen LogP contribution in [0.2, 0.25) is 0 Å². The van der Waals surface area contributed by atoms with Crippen molar-refractivity contribution in [1.29, 1.82) is 0 Å². The van der Waals surface area contributed by atoms with Gasteiger partial charge in [-0.15, -0.1) is 0 Å². The number of ether oxygens (including phenoxy) is 1. The lowest BCUT2D eigenvalue weighted by atomic mass is 9.95. The van der Waals surface area contributed by atoms with Crippen LogP contribution >= 0.6 is 0 Å². The van der Waals surface area contributed by atoms with E-state index >= 15 is 0 Å². The van der Waals surface area contributed by atoms with Crippen LogP contribution in [0.4, 0.5) is 0 Å². The molecular weight excluding hydrogens is 510 g/mol. The molecule has 4 amide bonds. The molecule has 10 heteroatoms. The summed E-state index contributed by atoms with van der Waals surface area (Å²) in [4.78, 5) is 58.1. The normalized spacial score (nSPS) is 19.4. The minimum absolute atomic E-state index is 0.0140. The van der Waals surface area contributed by atoms with Gasteiger partial charge in [0.05, 0.1) is 24.6 Å². The number of hydrogen-bond acceptors (Lipinski definition) is 6. The van der Waals surface area contributed by atoms with Gasteiger partial charge in [0.2, 0.25) is 23.6 Å². The predicted octanol–water partition coefficient (Wildman–Crippen LogP) is 2.51. The first kappa shape index (κ1) is 35.8. The van der Waals surface area contributed by atoms with Crippen LogP contribution in [0.3, 0.4) is 0 Å². The van der Waals surface area contributed by atoms with E-state index in [0.717, 1.165) is 19.3 Å². The maximum atomic E-state index is 13.8. The second-order valence-corrected chi connectivity index (χ2v) is 12.3. The number of methoxy groups -OCH3 is 1. The van der Waals surface area contributed by atoms with E-state index in [0.29, 0.717) is 19.4 Å². The molecule has 6 unspecified atom stereocenters. The van der Waals surface area contributed by atoms with Gasteiger partial charge in [-0.3, -0.25) is 24.1 Å². The van der Waals surface area contributed by atoms with Crippen LogP contribution in [-0.4, -0.2) is 110 Å². The molecule has 0 aromatic rings. The number of carbonyl (C=O) groups excluding carboxylic acids is 4. The number of nitrogens with one attached hydrogen (secondary N) is 2. The molecule has 2 N–H and O–H groups in total. The summed E-state index contributed by atoms with van der Waals surface area (Å²) in [7, 11) is 8.69. The molecule has 1 rings (SSSR count). The smallest absolute Gasteiger partial charge is 0.245 e. The fraction of sp³-hybridized carbons (Fsp3) is 0.867. The zero-order valence-electron chi connectivity index (χ0n) is 27.0. The minimum Gasteiger partial charge on any atom is -0.379 e. The van der Waals surface area contributed by atoms with E-state index in [4.69, 9.17) is 4.74 Å². The summed E-state index contributed by atoms with van der Waals surface area (Å²) in [5.74, 6) is -0.598. The summed E-state index contributed by atoms with van der Waals surface area (Å²) >= 11 is 0. The second kappa shape index (κ2) is 16.9. The Labute approximate surface area is 242 Å². The summed E-state index contributed by atoms with van der Waals surface area (Å²) in [5, 5.41) is 5.71. The van der Waals surface area contributed by atoms with Crippen molar-refractivity contribution >= 4 is 23.6 Å². The quantitative estimate of drug-likeness (QED) is 0.297. The molecule has 0 spiro atoms. The van der Waals surface area contributed by atoms with Gasteiger partial charge in [-0.2, -0.15) is 0 Å². The van der Waals surface area contributed by atoms with Crippen LogP contribution in [0.5, 0.6) is 0 Å². The van der Waals surface area contributed by atoms with Crippen molar-refractivity contribution in [3.8, 4) is 0 Å². The molecule has 1 saturated heterocycles. The molecule has 40 heavy (non-hydrogen) atoms. The molecule has 232 valence electrons. The highest BCUT2D eigenvalue weighted by Crippen LogP contribution is 2.26. The van der Waals surface area contributed by atoms with E-state index in [2.05, 4.69) is 10.6 Å². The zero-order valence-corrected chi connectivity index (χ0v) is 27.0. The van der Waals surface area contributed by atoms with Crippen molar-refractivity contribution in [3.63, 3.8) is 0 Å². The third-order valence-corrected chi connectivity index (χ3v) is 8.24. The van der Waals surface area contributed by atoms with Crippen LogP contribution in [0, 0.1) is 17.8 Å². The van der Waals surface area contributed by atoms with Crippen molar-refractivity contribution in [3.05, 3.63) is 0 Å². The molecule has 0 aromatic carbocycles. The Balaban J connectivity index is 3.08. The van der Waals surface area contributed by atoms with Gasteiger partial charge >= 0.3 is 0 Å². The number of rotatable bonds is 16. The van der Waals surface area contributed by atoms with Gasteiger partial charge in [0.25, 0.3) is 0 Å². The Kier molecular flexibility index (Phi) is 15.2. The van der Waals surface area contributed by atoms with Crippen molar-refractivity contribution in [2.24, 2.45) is 17.8 Å². The van der Waals surface area contributed by atoms with Gasteiger partial charge in [-0.1, -0.05) is 48.0 Å². The van der Waals surface area contributed by atoms with Crippen LogP contribution in [-0.2, 0) is 23.9 Å². The second-order valence-electron chi connectivity index (χ2n) is 12.3. The van der Waals surface area contributed by atoms with E-state index in [-0.39, 0.29) is 65.9 Å². The summed E-state index contributed by atoms with van der Waals surface area (Å²) in [6, 6.07) is -1.35. The first-order chi connectivity index (χ1) is 18.7. The monoisotopic (exact) mass is 567 g/mol. The van der Waals surface area contributed by atoms with Crippen molar-refractivity contribution in [2.75, 3.05) is 41.8 Å². The summed E-state index contributed by atoms with van der Waals surface area (Å²) in [5.41, 5.74) is 0. The molecule has 0 saturated carbocycles. The van der Waals surface area contributed by atoms with E-state index in [1.54, 1.807) is 26.1 Å².